The van der Waals surface area contributed by atoms with Crippen molar-refractivity contribution in [3.8, 4) is 5.75 Å². The number of nitrogens with zero attached hydrogens (tertiary/aromatic N) is 2. The summed E-state index contributed by atoms with van der Waals surface area (Å²) in [5.74, 6) is 0.575. The number of nitrogens with one attached hydrogen (secondary N) is 1. The molecule has 2 aromatic heterocycles. The number of anilines is 1. The first-order chi connectivity index (χ1) is 16.1. The molecule has 0 bridgehead atoms. The van der Waals surface area contributed by atoms with Crippen LogP contribution in [0, 0.1) is 0 Å². The normalized spacial score (nSPS) is 14.5. The Morgan fingerprint density at radius 3 is 2.70 bits per heavy atom. The number of halogens is 1. The molecule has 3 heterocycles. The summed E-state index contributed by atoms with van der Waals surface area (Å²) in [5, 5.41) is 15.9. The fraction of sp³-hybridized carbons (Fsp3) is 0.231. The zero-order chi connectivity index (χ0) is 22.8. The van der Waals surface area contributed by atoms with Crippen LogP contribution in [0.15, 0.2) is 66.2 Å². The predicted molar refractivity (Wildman–Crippen MR) is 134 cm³/mol. The lowest BCUT2D eigenvalue weighted by molar-refractivity contribution is 0.0713. The van der Waals surface area contributed by atoms with Crippen molar-refractivity contribution in [3.63, 3.8) is 0 Å². The number of carbonyl (C=O) groups excluding carboxylic acids is 1. The minimum Gasteiger partial charge on any atom is -0.505 e. The molecule has 2 aromatic carbocycles. The van der Waals surface area contributed by atoms with Gasteiger partial charge in [0.15, 0.2) is 5.75 Å². The maximum Gasteiger partial charge on any atom is 0.257 e. The van der Waals surface area contributed by atoms with E-state index in [1.807, 2.05) is 35.2 Å². The van der Waals surface area contributed by atoms with Gasteiger partial charge in [-0.1, -0.05) is 54.1 Å². The van der Waals surface area contributed by atoms with E-state index in [4.69, 9.17) is 11.6 Å². The Balaban J connectivity index is 1.39. The van der Waals surface area contributed by atoms with Crippen LogP contribution in [0.3, 0.4) is 0 Å². The van der Waals surface area contributed by atoms with E-state index in [1.54, 1.807) is 11.6 Å². The molecule has 168 valence electrons. The number of carbonyl (C=O) groups is 1. The molecule has 0 atom stereocenters. The molecular formula is C26H24ClN3O2S. The van der Waals surface area contributed by atoms with Crippen molar-refractivity contribution in [2.75, 3.05) is 18.4 Å². The average Bonchev–Trinajstić information content (AvgIpc) is 3.24. The highest BCUT2D eigenvalue weighted by Crippen LogP contribution is 2.38. The lowest BCUT2D eigenvalue weighted by atomic mass is 9.89. The van der Waals surface area contributed by atoms with E-state index in [1.165, 1.54) is 16.9 Å². The number of piperidine rings is 1. The summed E-state index contributed by atoms with van der Waals surface area (Å²) in [6.07, 6.45) is 3.47. The molecule has 0 aliphatic carbocycles. The number of aromatic nitrogens is 1. The largest absolute Gasteiger partial charge is 0.505 e. The van der Waals surface area contributed by atoms with Gasteiger partial charge in [0.25, 0.3) is 5.91 Å². The Bertz CT molecular complexity index is 1280. The average molecular weight is 478 g/mol. The van der Waals surface area contributed by atoms with Crippen molar-refractivity contribution in [2.45, 2.75) is 25.3 Å². The molecule has 7 heteroatoms. The first-order valence-electron chi connectivity index (χ1n) is 11.0. The number of rotatable bonds is 5. The topological polar surface area (TPSA) is 65.5 Å². The second-order valence-electron chi connectivity index (χ2n) is 8.31. The van der Waals surface area contributed by atoms with Gasteiger partial charge < -0.3 is 15.3 Å². The van der Waals surface area contributed by atoms with Crippen LogP contribution < -0.4 is 5.32 Å². The van der Waals surface area contributed by atoms with Crippen LogP contribution in [0.4, 0.5) is 5.69 Å². The number of aromatic hydroxyl groups is 1. The number of pyridine rings is 1. The van der Waals surface area contributed by atoms with Gasteiger partial charge in [-0.3, -0.25) is 9.78 Å². The quantitative estimate of drug-likeness (QED) is 0.354. The van der Waals surface area contributed by atoms with Crippen LogP contribution in [0.1, 0.15) is 40.2 Å². The molecule has 0 radical (unpaired) electrons. The van der Waals surface area contributed by atoms with Crippen LogP contribution in [0.5, 0.6) is 5.75 Å². The van der Waals surface area contributed by atoms with Crippen LogP contribution in [-0.4, -0.2) is 34.0 Å². The van der Waals surface area contributed by atoms with Gasteiger partial charge in [0.2, 0.25) is 0 Å². The Labute approximate surface area is 201 Å². The third-order valence-corrected chi connectivity index (χ3v) is 7.42. The minimum atomic E-state index is -0.0302. The first-order valence-corrected chi connectivity index (χ1v) is 12.3. The summed E-state index contributed by atoms with van der Waals surface area (Å²) in [5.41, 5.74) is 4.10. The molecule has 0 unspecified atom stereocenters. The van der Waals surface area contributed by atoms with Crippen LogP contribution >= 0.6 is 22.9 Å². The van der Waals surface area contributed by atoms with E-state index >= 15 is 0 Å². The van der Waals surface area contributed by atoms with Gasteiger partial charge in [0, 0.05) is 36.2 Å². The molecule has 4 aromatic rings. The third-order valence-electron chi connectivity index (χ3n) is 6.21. The number of fused-ring (bicyclic) bond motifs is 1. The monoisotopic (exact) mass is 477 g/mol. The Morgan fingerprint density at radius 2 is 1.94 bits per heavy atom. The van der Waals surface area contributed by atoms with Gasteiger partial charge >= 0.3 is 0 Å². The SMILES string of the molecule is O=C(c1cnc2c(O)csc2c1NCc1cccc(Cl)c1)N1CCC(c2ccccc2)CC1. The molecule has 0 saturated carbocycles. The molecular weight excluding hydrogens is 454 g/mol. The van der Waals surface area contributed by atoms with Crippen molar-refractivity contribution in [2.24, 2.45) is 0 Å². The van der Waals surface area contributed by atoms with E-state index in [2.05, 4.69) is 34.6 Å². The maximum absolute atomic E-state index is 13.5. The number of hydrogen-bond acceptors (Lipinski definition) is 5. The standard InChI is InChI=1S/C26H24ClN3O2S/c27-20-8-4-5-17(13-20)14-28-23-21(15-29-24-22(31)16-33-25(23)24)26(32)30-11-9-19(10-12-30)18-6-2-1-3-7-18/h1-8,13,15-16,19,31H,9-12,14H2,(H,28,29). The molecule has 2 N–H and O–H groups in total. The number of hydrogen-bond donors (Lipinski definition) is 2. The van der Waals surface area contributed by atoms with E-state index in [0.717, 1.165) is 23.1 Å². The lowest BCUT2D eigenvalue weighted by Gasteiger charge is -2.32. The molecule has 0 spiro atoms. The van der Waals surface area contributed by atoms with Crippen molar-refractivity contribution >= 4 is 44.7 Å². The molecule has 1 aliphatic rings. The van der Waals surface area contributed by atoms with Gasteiger partial charge in [-0.05, 0) is 42.0 Å². The second-order valence-corrected chi connectivity index (χ2v) is 9.62. The predicted octanol–water partition coefficient (Wildman–Crippen LogP) is 6.29. The zero-order valence-electron chi connectivity index (χ0n) is 18.0. The van der Waals surface area contributed by atoms with Crippen molar-refractivity contribution in [3.05, 3.63) is 87.9 Å². The summed E-state index contributed by atoms with van der Waals surface area (Å²) >= 11 is 7.52. The summed E-state index contributed by atoms with van der Waals surface area (Å²) < 4.78 is 0.777. The highest BCUT2D eigenvalue weighted by molar-refractivity contribution is 7.18. The first kappa shape index (κ1) is 21.7. The summed E-state index contributed by atoms with van der Waals surface area (Å²) in [4.78, 5) is 19.9. The van der Waals surface area contributed by atoms with Crippen LogP contribution in [0.25, 0.3) is 10.2 Å². The number of thiophene rings is 1. The fourth-order valence-electron chi connectivity index (χ4n) is 4.45. The summed E-state index contributed by atoms with van der Waals surface area (Å²) in [6, 6.07) is 18.1. The summed E-state index contributed by atoms with van der Waals surface area (Å²) in [6.45, 7) is 1.93. The maximum atomic E-state index is 13.5. The van der Waals surface area contributed by atoms with Gasteiger partial charge in [-0.2, -0.15) is 0 Å². The van der Waals surface area contributed by atoms with Gasteiger partial charge in [-0.15, -0.1) is 11.3 Å². The zero-order valence-corrected chi connectivity index (χ0v) is 19.6. The van der Waals surface area contributed by atoms with Crippen molar-refractivity contribution in [1.29, 1.82) is 0 Å². The molecule has 1 aliphatic heterocycles. The van der Waals surface area contributed by atoms with Crippen molar-refractivity contribution in [1.82, 2.24) is 9.88 Å². The second kappa shape index (κ2) is 9.41. The molecule has 1 fully saturated rings. The van der Waals surface area contributed by atoms with Gasteiger partial charge in [0.05, 0.1) is 16.0 Å². The fourth-order valence-corrected chi connectivity index (χ4v) is 5.57. The number of benzene rings is 2. The van der Waals surface area contributed by atoms with E-state index in [0.29, 0.717) is 47.3 Å². The van der Waals surface area contributed by atoms with Gasteiger partial charge in [0.1, 0.15) is 5.52 Å². The van der Waals surface area contributed by atoms with E-state index in [-0.39, 0.29) is 11.7 Å². The Hall–Kier alpha value is -3.09. The van der Waals surface area contributed by atoms with Crippen LogP contribution in [0.2, 0.25) is 5.02 Å². The van der Waals surface area contributed by atoms with Crippen LogP contribution in [-0.2, 0) is 6.54 Å². The molecule has 1 amide bonds. The highest BCUT2D eigenvalue weighted by Gasteiger charge is 2.27. The lowest BCUT2D eigenvalue weighted by Crippen LogP contribution is -2.38. The third kappa shape index (κ3) is 4.54. The Kier molecular flexibility index (Phi) is 6.20. The molecule has 5 rings (SSSR count). The molecule has 33 heavy (non-hydrogen) atoms. The van der Waals surface area contributed by atoms with Gasteiger partial charge in [-0.25, -0.2) is 0 Å². The van der Waals surface area contributed by atoms with E-state index in [9.17, 15) is 9.90 Å². The molecule has 5 nitrogen and oxygen atoms in total. The van der Waals surface area contributed by atoms with Crippen molar-refractivity contribution < 1.29 is 9.90 Å². The Morgan fingerprint density at radius 1 is 1.15 bits per heavy atom. The number of likely N-dealkylation sites (tertiary alicyclic amines) is 1. The molecule has 1 saturated heterocycles. The smallest absolute Gasteiger partial charge is 0.257 e. The summed E-state index contributed by atoms with van der Waals surface area (Å²) in [7, 11) is 0. The minimum absolute atomic E-state index is 0.0302. The van der Waals surface area contributed by atoms with E-state index < -0.39 is 0 Å². The number of amides is 1. The highest BCUT2D eigenvalue weighted by atomic mass is 35.5.